The van der Waals surface area contributed by atoms with Crippen LogP contribution in [0.1, 0.15) is 19.0 Å². The fourth-order valence-electron chi connectivity index (χ4n) is 1.96. The van der Waals surface area contributed by atoms with Crippen LogP contribution in [-0.4, -0.2) is 9.24 Å². The van der Waals surface area contributed by atoms with Crippen molar-refractivity contribution in [3.63, 3.8) is 0 Å². The van der Waals surface area contributed by atoms with Crippen LogP contribution in [0.4, 0.5) is 0 Å². The summed E-state index contributed by atoms with van der Waals surface area (Å²) in [6.45, 7) is 1.93. The van der Waals surface area contributed by atoms with Crippen molar-refractivity contribution in [2.24, 2.45) is 0 Å². The number of rotatable bonds is 3. The molecule has 2 rings (SSSR count). The van der Waals surface area contributed by atoms with E-state index >= 15 is 0 Å². The summed E-state index contributed by atoms with van der Waals surface area (Å²) in [5.74, 6) is 5.73. The van der Waals surface area contributed by atoms with Gasteiger partial charge in [0.15, 0.2) is 0 Å². The summed E-state index contributed by atoms with van der Waals surface area (Å²) in [4.78, 5) is 24.4. The third-order valence-corrected chi connectivity index (χ3v) is 4.15. The first-order valence-electron chi connectivity index (χ1n) is 6.14. The third-order valence-electron chi connectivity index (χ3n) is 2.95. The Morgan fingerprint density at radius 3 is 2.19 bits per heavy atom. The first kappa shape index (κ1) is 15.9. The minimum absolute atomic E-state index is 0.145. The number of aromatic nitrogens is 2. The fourth-order valence-corrected chi connectivity index (χ4v) is 2.54. The highest BCUT2D eigenvalue weighted by molar-refractivity contribution is 6.48. The molecule has 21 heavy (non-hydrogen) atoms. The van der Waals surface area contributed by atoms with E-state index in [4.69, 9.17) is 40.6 Å². The van der Waals surface area contributed by atoms with Crippen molar-refractivity contribution in [1.82, 2.24) is 9.24 Å². The average Bonchev–Trinajstić information content (AvgIpc) is 2.42. The lowest BCUT2D eigenvalue weighted by molar-refractivity contribution is 0.709. The molecule has 8 heteroatoms. The predicted molar refractivity (Wildman–Crippen MR) is 85.5 cm³/mol. The van der Waals surface area contributed by atoms with Crippen molar-refractivity contribution in [3.05, 3.63) is 59.8 Å². The van der Waals surface area contributed by atoms with E-state index in [1.807, 2.05) is 6.92 Å². The van der Waals surface area contributed by atoms with E-state index in [0.717, 1.165) is 15.7 Å². The molecule has 1 aromatic heterocycles. The van der Waals surface area contributed by atoms with Gasteiger partial charge in [-0.3, -0.25) is 4.79 Å². The maximum Gasteiger partial charge on any atom is 0.354 e. The minimum Gasteiger partial charge on any atom is -0.335 e. The lowest BCUT2D eigenvalue weighted by Gasteiger charge is -2.12. The van der Waals surface area contributed by atoms with Crippen LogP contribution in [0.2, 0.25) is 15.1 Å². The summed E-state index contributed by atoms with van der Waals surface area (Å²) < 4.78 is 1.84. The molecule has 0 bridgehead atoms. The molecule has 0 fully saturated rings. The SMILES string of the molecule is CCCc1cc(=O)n(-c2cc(Cl)c(Cl)c(Cl)c2)c(=O)n1N. The van der Waals surface area contributed by atoms with Crippen molar-refractivity contribution in [3.8, 4) is 5.69 Å². The molecule has 0 aliphatic rings. The highest BCUT2D eigenvalue weighted by Gasteiger charge is 2.14. The van der Waals surface area contributed by atoms with Crippen molar-refractivity contribution in [1.29, 1.82) is 0 Å². The van der Waals surface area contributed by atoms with Crippen LogP contribution in [0.5, 0.6) is 0 Å². The number of nitrogens with zero attached hydrogens (tertiary/aromatic N) is 2. The number of benzene rings is 1. The Labute approximate surface area is 135 Å². The molecule has 2 N–H and O–H groups in total. The van der Waals surface area contributed by atoms with E-state index in [2.05, 4.69) is 0 Å². The standard InChI is InChI=1S/C13H12Cl3N3O2/c1-2-3-7-6-11(20)18(13(21)19(7)17)8-4-9(14)12(16)10(15)5-8/h4-6H,2-3,17H2,1H3. The molecule has 0 amide bonds. The van der Waals surface area contributed by atoms with Gasteiger partial charge in [0.2, 0.25) is 0 Å². The van der Waals surface area contributed by atoms with Crippen LogP contribution >= 0.6 is 34.8 Å². The zero-order chi connectivity index (χ0) is 15.7. The molecular weight excluding hydrogens is 337 g/mol. The van der Waals surface area contributed by atoms with E-state index in [9.17, 15) is 9.59 Å². The maximum atomic E-state index is 12.3. The maximum absolute atomic E-state index is 12.3. The van der Waals surface area contributed by atoms with Gasteiger partial charge in [-0.1, -0.05) is 48.1 Å². The Morgan fingerprint density at radius 2 is 1.67 bits per heavy atom. The van der Waals surface area contributed by atoms with Crippen LogP contribution in [0.25, 0.3) is 5.69 Å². The summed E-state index contributed by atoms with van der Waals surface area (Å²) >= 11 is 17.7. The van der Waals surface area contributed by atoms with Crippen molar-refractivity contribution in [2.45, 2.75) is 19.8 Å². The predicted octanol–water partition coefficient (Wildman–Crippen LogP) is 2.63. The third kappa shape index (κ3) is 2.95. The summed E-state index contributed by atoms with van der Waals surface area (Å²) in [5.41, 5.74) is -0.485. The monoisotopic (exact) mass is 347 g/mol. The molecule has 112 valence electrons. The smallest absolute Gasteiger partial charge is 0.335 e. The van der Waals surface area contributed by atoms with Gasteiger partial charge in [-0.2, -0.15) is 0 Å². The average molecular weight is 349 g/mol. The van der Waals surface area contributed by atoms with E-state index in [1.165, 1.54) is 18.2 Å². The molecule has 0 unspecified atom stereocenters. The number of nitrogen functional groups attached to an aromatic ring is 1. The van der Waals surface area contributed by atoms with Gasteiger partial charge in [-0.15, -0.1) is 0 Å². The van der Waals surface area contributed by atoms with Crippen LogP contribution < -0.4 is 17.1 Å². The van der Waals surface area contributed by atoms with Gasteiger partial charge in [0, 0.05) is 6.07 Å². The van der Waals surface area contributed by atoms with Gasteiger partial charge < -0.3 is 5.84 Å². The molecule has 0 saturated heterocycles. The molecule has 0 radical (unpaired) electrons. The van der Waals surface area contributed by atoms with Gasteiger partial charge in [0.05, 0.1) is 26.4 Å². The Kier molecular flexibility index (Phi) is 4.66. The zero-order valence-electron chi connectivity index (χ0n) is 11.1. The van der Waals surface area contributed by atoms with E-state index < -0.39 is 11.2 Å². The normalized spacial score (nSPS) is 10.9. The Hall–Kier alpha value is -1.43. The van der Waals surface area contributed by atoms with Crippen molar-refractivity contribution >= 4 is 34.8 Å². The number of hydrogen-bond acceptors (Lipinski definition) is 3. The van der Waals surface area contributed by atoms with Crippen LogP contribution in [0.3, 0.4) is 0 Å². The molecule has 1 aromatic carbocycles. The zero-order valence-corrected chi connectivity index (χ0v) is 13.3. The van der Waals surface area contributed by atoms with Gasteiger partial charge in [-0.25, -0.2) is 14.0 Å². The molecule has 0 spiro atoms. The molecule has 0 saturated carbocycles. The van der Waals surface area contributed by atoms with Crippen LogP contribution in [0, 0.1) is 0 Å². The molecule has 0 atom stereocenters. The molecule has 0 aliphatic heterocycles. The summed E-state index contributed by atoms with van der Waals surface area (Å²) in [6.07, 6.45) is 1.29. The van der Waals surface area contributed by atoms with Crippen LogP contribution in [-0.2, 0) is 6.42 Å². The first-order chi connectivity index (χ1) is 9.86. The van der Waals surface area contributed by atoms with Crippen molar-refractivity contribution < 1.29 is 0 Å². The topological polar surface area (TPSA) is 70.0 Å². The minimum atomic E-state index is -0.666. The van der Waals surface area contributed by atoms with Gasteiger partial charge >= 0.3 is 5.69 Å². The first-order valence-corrected chi connectivity index (χ1v) is 7.28. The Morgan fingerprint density at radius 1 is 1.10 bits per heavy atom. The fraction of sp³-hybridized carbons (Fsp3) is 0.231. The Balaban J connectivity index is 2.74. The van der Waals surface area contributed by atoms with Gasteiger partial charge in [0.1, 0.15) is 0 Å². The van der Waals surface area contributed by atoms with Gasteiger partial charge in [0.25, 0.3) is 5.56 Å². The highest BCUT2D eigenvalue weighted by atomic mass is 35.5. The van der Waals surface area contributed by atoms with E-state index in [1.54, 1.807) is 0 Å². The second-order valence-corrected chi connectivity index (χ2v) is 5.63. The molecule has 2 aromatic rings. The van der Waals surface area contributed by atoms with Crippen molar-refractivity contribution in [2.75, 3.05) is 5.84 Å². The summed E-state index contributed by atoms with van der Waals surface area (Å²) in [7, 11) is 0. The van der Waals surface area contributed by atoms with E-state index in [0.29, 0.717) is 12.1 Å². The molecule has 0 aliphatic carbocycles. The quantitative estimate of drug-likeness (QED) is 0.685. The van der Waals surface area contributed by atoms with E-state index in [-0.39, 0.29) is 20.8 Å². The summed E-state index contributed by atoms with van der Waals surface area (Å²) in [5, 5.41) is 0.448. The number of nitrogens with two attached hydrogens (primary N) is 1. The molecular formula is C13H12Cl3N3O2. The number of halogens is 3. The number of aryl methyl sites for hydroxylation is 1. The summed E-state index contributed by atoms with van der Waals surface area (Å²) in [6, 6.07) is 4.09. The second kappa shape index (κ2) is 6.13. The van der Waals surface area contributed by atoms with Gasteiger partial charge in [-0.05, 0) is 18.6 Å². The van der Waals surface area contributed by atoms with Crippen LogP contribution in [0.15, 0.2) is 27.8 Å². The lowest BCUT2D eigenvalue weighted by atomic mass is 10.2. The lowest BCUT2D eigenvalue weighted by Crippen LogP contribution is -2.43. The molecule has 5 nitrogen and oxygen atoms in total. The Bertz CT molecular complexity index is 788. The number of hydrogen-bond donors (Lipinski definition) is 1. The molecule has 1 heterocycles. The highest BCUT2D eigenvalue weighted by Crippen LogP contribution is 2.31. The second-order valence-electron chi connectivity index (χ2n) is 4.44. The largest absolute Gasteiger partial charge is 0.354 e.